The molecule has 0 radical (unpaired) electrons. The molecule has 1 heterocycles. The van der Waals surface area contributed by atoms with Crippen LogP contribution in [0.25, 0.3) is 0 Å². The molecule has 3 nitrogen and oxygen atoms in total. The fraction of sp³-hybridized carbons (Fsp3) is 0.900. The van der Waals surface area contributed by atoms with Crippen molar-refractivity contribution in [2.24, 2.45) is 0 Å². The van der Waals surface area contributed by atoms with Crippen molar-refractivity contribution in [2.45, 2.75) is 43.5 Å². The summed E-state index contributed by atoms with van der Waals surface area (Å²) in [7, 11) is 0. The number of hydrogen-bond donors (Lipinski definition) is 1. The van der Waals surface area contributed by atoms with Crippen molar-refractivity contribution in [2.75, 3.05) is 13.2 Å². The van der Waals surface area contributed by atoms with E-state index in [1.807, 2.05) is 0 Å². The van der Waals surface area contributed by atoms with Crippen molar-refractivity contribution < 1.29 is 9.53 Å². The van der Waals surface area contributed by atoms with Crippen LogP contribution in [0.4, 0.5) is 0 Å². The zero-order valence-electron chi connectivity index (χ0n) is 8.59. The molecule has 0 aromatic heterocycles. The smallest absolute Gasteiger partial charge is 0.249 e. The van der Waals surface area contributed by atoms with Crippen LogP contribution < -0.4 is 5.32 Å². The van der Waals surface area contributed by atoms with E-state index < -0.39 is 0 Å². The molecule has 0 aromatic carbocycles. The van der Waals surface area contributed by atoms with Gasteiger partial charge in [0, 0.05) is 18.0 Å². The summed E-state index contributed by atoms with van der Waals surface area (Å²) in [6.07, 6.45) is 3.77. The second kappa shape index (κ2) is 6.40. The van der Waals surface area contributed by atoms with E-state index in [1.54, 1.807) is 0 Å². The van der Waals surface area contributed by atoms with Crippen LogP contribution in [-0.4, -0.2) is 30.0 Å². The third kappa shape index (κ3) is 3.96. The highest BCUT2D eigenvalue weighted by Gasteiger charge is 2.22. The molecule has 0 saturated carbocycles. The third-order valence-corrected chi connectivity index (χ3v) is 3.53. The molecule has 1 amide bonds. The molecule has 2 atom stereocenters. The minimum Gasteiger partial charge on any atom is -0.368 e. The van der Waals surface area contributed by atoms with E-state index >= 15 is 0 Å². The minimum atomic E-state index is -0.189. The average molecular weight is 264 g/mol. The molecule has 0 aliphatic carbocycles. The predicted molar refractivity (Wildman–Crippen MR) is 59.6 cm³/mol. The van der Waals surface area contributed by atoms with Gasteiger partial charge in [0.15, 0.2) is 0 Å². The maximum absolute atomic E-state index is 11.5. The van der Waals surface area contributed by atoms with Crippen LogP contribution in [0.2, 0.25) is 0 Å². The Kier molecular flexibility index (Phi) is 5.48. The summed E-state index contributed by atoms with van der Waals surface area (Å²) in [5, 5.41) is 2.90. The Hall–Kier alpha value is -0.0900. The van der Waals surface area contributed by atoms with E-state index in [0.29, 0.717) is 4.83 Å². The number of halogens is 1. The lowest BCUT2D eigenvalue weighted by molar-refractivity contribution is -0.130. The van der Waals surface area contributed by atoms with Crippen LogP contribution >= 0.6 is 15.9 Å². The molecule has 0 bridgehead atoms. The summed E-state index contributed by atoms with van der Waals surface area (Å²) in [6.45, 7) is 3.60. The van der Waals surface area contributed by atoms with Gasteiger partial charge in [-0.25, -0.2) is 0 Å². The van der Waals surface area contributed by atoms with Crippen LogP contribution in [0.1, 0.15) is 32.6 Å². The van der Waals surface area contributed by atoms with Crippen molar-refractivity contribution in [3.8, 4) is 0 Å². The van der Waals surface area contributed by atoms with Gasteiger partial charge in [0.05, 0.1) is 0 Å². The van der Waals surface area contributed by atoms with Crippen molar-refractivity contribution >= 4 is 21.8 Å². The summed E-state index contributed by atoms with van der Waals surface area (Å²) < 4.78 is 5.27. The highest BCUT2D eigenvalue weighted by Crippen LogP contribution is 2.12. The Bertz CT molecular complexity index is 181. The Labute approximate surface area is 93.7 Å². The van der Waals surface area contributed by atoms with Crippen molar-refractivity contribution in [1.82, 2.24) is 5.32 Å². The normalized spacial score (nSPS) is 23.4. The predicted octanol–water partition coefficient (Wildman–Crippen LogP) is 1.85. The summed E-state index contributed by atoms with van der Waals surface area (Å²) in [6, 6.07) is 0. The molecule has 1 fully saturated rings. The van der Waals surface area contributed by atoms with Gasteiger partial charge in [0.2, 0.25) is 5.91 Å². The maximum Gasteiger partial charge on any atom is 0.249 e. The Morgan fingerprint density at radius 2 is 2.50 bits per heavy atom. The second-order valence-corrected chi connectivity index (χ2v) is 4.88. The number of hydrogen-bond acceptors (Lipinski definition) is 2. The largest absolute Gasteiger partial charge is 0.368 e. The highest BCUT2D eigenvalue weighted by atomic mass is 79.9. The van der Waals surface area contributed by atoms with E-state index in [9.17, 15) is 4.79 Å². The monoisotopic (exact) mass is 263 g/mol. The first-order valence-electron chi connectivity index (χ1n) is 5.27. The molecule has 1 aliphatic heterocycles. The first kappa shape index (κ1) is 12.0. The fourth-order valence-corrected chi connectivity index (χ4v) is 1.68. The maximum atomic E-state index is 11.5. The molecule has 1 rings (SSSR count). The molecule has 1 saturated heterocycles. The number of nitrogens with one attached hydrogen (secondary N) is 1. The van der Waals surface area contributed by atoms with Gasteiger partial charge in [-0.2, -0.15) is 0 Å². The van der Waals surface area contributed by atoms with Crippen LogP contribution in [0.15, 0.2) is 0 Å². The fourth-order valence-electron chi connectivity index (χ4n) is 1.45. The molecule has 1 aliphatic rings. The molecule has 4 heteroatoms. The first-order valence-corrected chi connectivity index (χ1v) is 6.19. The van der Waals surface area contributed by atoms with Gasteiger partial charge in [-0.3, -0.25) is 4.79 Å². The summed E-state index contributed by atoms with van der Waals surface area (Å²) in [4.78, 5) is 12.0. The van der Waals surface area contributed by atoms with E-state index in [2.05, 4.69) is 28.2 Å². The molecule has 0 aromatic rings. The number of amides is 1. The quantitative estimate of drug-likeness (QED) is 0.769. The Morgan fingerprint density at radius 1 is 1.71 bits per heavy atom. The standard InChI is InChI=1S/C10H18BrNO2/c1-2-8(11)5-6-12-10(13)9-4-3-7-14-9/h8-9H,2-7H2,1H3,(H,12,13). The zero-order valence-corrected chi connectivity index (χ0v) is 10.2. The number of carbonyl (C=O) groups excluding carboxylic acids is 1. The van der Waals surface area contributed by atoms with E-state index in [1.165, 1.54) is 0 Å². The topological polar surface area (TPSA) is 38.3 Å². The lowest BCUT2D eigenvalue weighted by Crippen LogP contribution is -2.35. The Balaban J connectivity index is 2.08. The summed E-state index contributed by atoms with van der Waals surface area (Å²) in [5.74, 6) is 0.0540. The van der Waals surface area contributed by atoms with Gasteiger partial charge >= 0.3 is 0 Å². The SMILES string of the molecule is CCC(Br)CCNC(=O)C1CCCO1. The van der Waals surface area contributed by atoms with Crippen molar-refractivity contribution in [1.29, 1.82) is 0 Å². The minimum absolute atomic E-state index is 0.0540. The average Bonchev–Trinajstić information content (AvgIpc) is 2.70. The van der Waals surface area contributed by atoms with E-state index in [4.69, 9.17) is 4.74 Å². The molecule has 14 heavy (non-hydrogen) atoms. The number of alkyl halides is 1. The van der Waals surface area contributed by atoms with Crippen LogP contribution in [0.3, 0.4) is 0 Å². The number of ether oxygens (including phenoxy) is 1. The number of carbonyl (C=O) groups is 1. The molecule has 0 spiro atoms. The molecule has 1 N–H and O–H groups in total. The van der Waals surface area contributed by atoms with Gasteiger partial charge in [0.25, 0.3) is 0 Å². The molecular weight excluding hydrogens is 246 g/mol. The van der Waals surface area contributed by atoms with E-state index in [-0.39, 0.29) is 12.0 Å². The van der Waals surface area contributed by atoms with Gasteiger partial charge in [0.1, 0.15) is 6.10 Å². The van der Waals surface area contributed by atoms with Crippen molar-refractivity contribution in [3.05, 3.63) is 0 Å². The molecular formula is C10H18BrNO2. The third-order valence-electron chi connectivity index (χ3n) is 2.42. The molecule has 2 unspecified atom stereocenters. The summed E-state index contributed by atoms with van der Waals surface area (Å²) in [5.41, 5.74) is 0. The Morgan fingerprint density at radius 3 is 3.07 bits per heavy atom. The lowest BCUT2D eigenvalue weighted by Gasteiger charge is -2.11. The van der Waals surface area contributed by atoms with Gasteiger partial charge in [-0.15, -0.1) is 0 Å². The van der Waals surface area contributed by atoms with Gasteiger partial charge in [-0.1, -0.05) is 22.9 Å². The van der Waals surface area contributed by atoms with Crippen LogP contribution in [0, 0.1) is 0 Å². The van der Waals surface area contributed by atoms with Crippen LogP contribution in [-0.2, 0) is 9.53 Å². The van der Waals surface area contributed by atoms with Gasteiger partial charge < -0.3 is 10.1 Å². The second-order valence-electron chi connectivity index (χ2n) is 3.59. The van der Waals surface area contributed by atoms with Crippen LogP contribution in [0.5, 0.6) is 0 Å². The molecule has 82 valence electrons. The van der Waals surface area contributed by atoms with Crippen molar-refractivity contribution in [3.63, 3.8) is 0 Å². The lowest BCUT2D eigenvalue weighted by atomic mass is 10.2. The van der Waals surface area contributed by atoms with Gasteiger partial charge in [-0.05, 0) is 25.7 Å². The number of rotatable bonds is 5. The first-order chi connectivity index (χ1) is 6.74. The van der Waals surface area contributed by atoms with E-state index in [0.717, 1.165) is 38.8 Å². The zero-order chi connectivity index (χ0) is 10.4. The highest BCUT2D eigenvalue weighted by molar-refractivity contribution is 9.09. The summed E-state index contributed by atoms with van der Waals surface area (Å²) >= 11 is 3.53.